The zero-order valence-electron chi connectivity index (χ0n) is 31.1. The molecule has 4 rings (SSSR count). The molecular weight excluding hydrogens is 662 g/mol. The molecule has 0 aliphatic carbocycles. The van der Waals surface area contributed by atoms with Crippen LogP contribution in [0.25, 0.3) is 5.69 Å². The molecule has 2 aromatic heterocycles. The molecule has 52 heavy (non-hydrogen) atoms. The summed E-state index contributed by atoms with van der Waals surface area (Å²) in [5, 5.41) is 7.41. The first-order valence-electron chi connectivity index (χ1n) is 17.4. The van der Waals surface area contributed by atoms with Crippen LogP contribution < -0.4 is 15.0 Å². The molecule has 1 N–H and O–H groups in total. The zero-order chi connectivity index (χ0) is 37.8. The lowest BCUT2D eigenvalue weighted by Gasteiger charge is -2.27. The second-order valence-electron chi connectivity index (χ2n) is 13.7. The van der Waals surface area contributed by atoms with Crippen molar-refractivity contribution < 1.29 is 33.4 Å². The summed E-state index contributed by atoms with van der Waals surface area (Å²) in [7, 11) is 1.31. The van der Waals surface area contributed by atoms with E-state index in [4.69, 9.17) is 19.3 Å². The number of amides is 2. The summed E-state index contributed by atoms with van der Waals surface area (Å²) in [5.74, 6) is -0.402. The van der Waals surface area contributed by atoms with Gasteiger partial charge in [-0.2, -0.15) is 5.10 Å². The Bertz CT molecular complexity index is 1850. The van der Waals surface area contributed by atoms with Crippen molar-refractivity contribution in [2.24, 2.45) is 0 Å². The number of pyridine rings is 1. The number of nitrogens with zero attached hydrogens (tertiary/aromatic N) is 4. The van der Waals surface area contributed by atoms with Crippen molar-refractivity contribution in [3.05, 3.63) is 101 Å². The SMILES string of the molecule is COC(=O)C[C@H](CC(=O)CNC(=O)CCCN(C(=O)OC(C)(C)C)c1cc(C)ccn1)c1cccc(-n2nc(C)c(OCc3ccccc3)c2C)c1. The third-order valence-corrected chi connectivity index (χ3v) is 8.21. The minimum Gasteiger partial charge on any atom is -0.485 e. The van der Waals surface area contributed by atoms with Gasteiger partial charge in [0.25, 0.3) is 0 Å². The number of ketones is 1. The molecular formula is C40H49N5O7. The van der Waals surface area contributed by atoms with Gasteiger partial charge in [-0.15, -0.1) is 0 Å². The third-order valence-electron chi connectivity index (χ3n) is 8.21. The number of carbonyl (C=O) groups excluding carboxylic acids is 4. The van der Waals surface area contributed by atoms with Gasteiger partial charge in [0.05, 0.1) is 31.5 Å². The van der Waals surface area contributed by atoms with Crippen LogP contribution in [0.15, 0.2) is 72.9 Å². The van der Waals surface area contributed by atoms with Gasteiger partial charge in [0, 0.05) is 31.5 Å². The van der Waals surface area contributed by atoms with Gasteiger partial charge in [0.1, 0.15) is 23.7 Å². The van der Waals surface area contributed by atoms with Gasteiger partial charge in [0.15, 0.2) is 11.5 Å². The molecule has 0 aliphatic rings. The molecule has 0 saturated heterocycles. The Morgan fingerprint density at radius 2 is 1.69 bits per heavy atom. The number of rotatable bonds is 16. The molecule has 0 radical (unpaired) electrons. The van der Waals surface area contributed by atoms with Crippen molar-refractivity contribution in [1.82, 2.24) is 20.1 Å². The van der Waals surface area contributed by atoms with Crippen molar-refractivity contribution in [3.8, 4) is 11.4 Å². The number of Topliss-reactive ketones (excluding diaryl/α,β-unsaturated/α-hetero) is 1. The second-order valence-corrected chi connectivity index (χ2v) is 13.7. The minimum absolute atomic E-state index is 0.00678. The largest absolute Gasteiger partial charge is 0.485 e. The van der Waals surface area contributed by atoms with Crippen LogP contribution in [0.3, 0.4) is 0 Å². The number of benzene rings is 2. The van der Waals surface area contributed by atoms with Gasteiger partial charge in [-0.05, 0) is 88.9 Å². The van der Waals surface area contributed by atoms with Gasteiger partial charge >= 0.3 is 12.1 Å². The van der Waals surface area contributed by atoms with Crippen molar-refractivity contribution in [2.45, 2.75) is 85.4 Å². The Morgan fingerprint density at radius 1 is 0.942 bits per heavy atom. The average molecular weight is 712 g/mol. The lowest BCUT2D eigenvalue weighted by Crippen LogP contribution is -2.38. The molecule has 0 saturated carbocycles. The van der Waals surface area contributed by atoms with E-state index < -0.39 is 23.6 Å². The number of ether oxygens (including phenoxy) is 3. The molecule has 12 heteroatoms. The van der Waals surface area contributed by atoms with Crippen molar-refractivity contribution in [2.75, 3.05) is 25.1 Å². The van der Waals surface area contributed by atoms with Crippen LogP contribution in [0, 0.1) is 20.8 Å². The van der Waals surface area contributed by atoms with Crippen LogP contribution in [0.2, 0.25) is 0 Å². The number of hydrogen-bond acceptors (Lipinski definition) is 9. The fraction of sp³-hybridized carbons (Fsp3) is 0.400. The maximum absolute atomic E-state index is 13.2. The molecule has 2 aromatic carbocycles. The smallest absolute Gasteiger partial charge is 0.416 e. The quantitative estimate of drug-likeness (QED) is 0.125. The van der Waals surface area contributed by atoms with Crippen LogP contribution >= 0.6 is 0 Å². The number of nitrogens with one attached hydrogen (secondary N) is 1. The second kappa shape index (κ2) is 18.1. The van der Waals surface area contributed by atoms with Crippen molar-refractivity contribution in [1.29, 1.82) is 0 Å². The lowest BCUT2D eigenvalue weighted by atomic mass is 9.90. The first-order chi connectivity index (χ1) is 24.7. The van der Waals surface area contributed by atoms with Crippen molar-refractivity contribution >= 4 is 29.6 Å². The fourth-order valence-electron chi connectivity index (χ4n) is 5.64. The van der Waals surface area contributed by atoms with E-state index in [9.17, 15) is 19.2 Å². The van der Waals surface area contributed by atoms with E-state index in [0.717, 1.165) is 33.8 Å². The van der Waals surface area contributed by atoms with Gasteiger partial charge < -0.3 is 19.5 Å². The standard InChI is InChI=1S/C40H49N5O7/c1-27-18-19-41-35(21-27)44(39(49)52-40(4,5)6)20-12-17-36(47)42-25-34(46)23-32(24-37(48)50-7)31-15-11-16-33(22-31)45-29(3)38(28(2)43-45)51-26-30-13-9-8-10-14-30/h8-11,13-16,18-19,21-22,32H,12,17,20,23-26H2,1-7H3,(H,42,47)/t32-/m0/s1. The van der Waals surface area contributed by atoms with E-state index in [1.807, 2.05) is 81.4 Å². The van der Waals surface area contributed by atoms with Crippen LogP contribution in [0.1, 0.15) is 80.5 Å². The highest BCUT2D eigenvalue weighted by Crippen LogP contribution is 2.30. The number of methoxy groups -OCH3 is 1. The highest BCUT2D eigenvalue weighted by atomic mass is 16.6. The van der Waals surface area contributed by atoms with E-state index in [2.05, 4.69) is 10.3 Å². The third kappa shape index (κ3) is 11.5. The van der Waals surface area contributed by atoms with Crippen LogP contribution in [-0.2, 0) is 30.5 Å². The zero-order valence-corrected chi connectivity index (χ0v) is 31.1. The molecule has 0 unspecified atom stereocenters. The summed E-state index contributed by atoms with van der Waals surface area (Å²) < 4.78 is 18.4. The van der Waals surface area contributed by atoms with E-state index in [-0.39, 0.29) is 44.0 Å². The molecule has 0 fully saturated rings. The topological polar surface area (TPSA) is 142 Å². The Labute approximate surface area is 305 Å². The van der Waals surface area contributed by atoms with E-state index in [0.29, 0.717) is 24.6 Å². The van der Waals surface area contributed by atoms with Crippen LogP contribution in [0.4, 0.5) is 10.6 Å². The Morgan fingerprint density at radius 3 is 2.38 bits per heavy atom. The molecule has 0 aliphatic heterocycles. The normalized spacial score (nSPS) is 11.8. The summed E-state index contributed by atoms with van der Waals surface area (Å²) in [6.07, 6.45) is 1.44. The molecule has 0 spiro atoms. The monoisotopic (exact) mass is 711 g/mol. The molecule has 2 heterocycles. The number of hydrogen-bond donors (Lipinski definition) is 1. The predicted octanol–water partition coefficient (Wildman–Crippen LogP) is 6.72. The van der Waals surface area contributed by atoms with Crippen LogP contribution in [0.5, 0.6) is 5.75 Å². The summed E-state index contributed by atoms with van der Waals surface area (Å²) in [5.41, 5.74) is 4.33. The summed E-state index contributed by atoms with van der Waals surface area (Å²) in [6.45, 7) is 11.5. The first-order valence-corrected chi connectivity index (χ1v) is 17.4. The Kier molecular flexibility index (Phi) is 13.7. The average Bonchev–Trinajstić information content (AvgIpc) is 3.39. The fourth-order valence-corrected chi connectivity index (χ4v) is 5.64. The highest BCUT2D eigenvalue weighted by Gasteiger charge is 2.25. The molecule has 12 nitrogen and oxygen atoms in total. The number of aryl methyl sites for hydroxylation is 2. The van der Waals surface area contributed by atoms with Crippen molar-refractivity contribution in [3.63, 3.8) is 0 Å². The molecule has 1 atom stereocenters. The van der Waals surface area contributed by atoms with Gasteiger partial charge in [-0.25, -0.2) is 14.5 Å². The molecule has 276 valence electrons. The summed E-state index contributed by atoms with van der Waals surface area (Å²) >= 11 is 0. The number of esters is 1. The molecule has 0 bridgehead atoms. The maximum atomic E-state index is 13.2. The van der Waals surface area contributed by atoms with Gasteiger partial charge in [-0.3, -0.25) is 19.3 Å². The minimum atomic E-state index is -0.706. The maximum Gasteiger partial charge on any atom is 0.416 e. The predicted molar refractivity (Wildman–Crippen MR) is 198 cm³/mol. The molecule has 2 amide bonds. The van der Waals surface area contributed by atoms with E-state index in [1.165, 1.54) is 12.0 Å². The molecule has 4 aromatic rings. The lowest BCUT2D eigenvalue weighted by molar-refractivity contribution is -0.141. The first kappa shape index (κ1) is 39.3. The Hall–Kier alpha value is -5.52. The number of aromatic nitrogens is 3. The number of anilines is 1. The Balaban J connectivity index is 1.38. The summed E-state index contributed by atoms with van der Waals surface area (Å²) in [4.78, 5) is 57.1. The van der Waals surface area contributed by atoms with E-state index in [1.54, 1.807) is 37.7 Å². The summed E-state index contributed by atoms with van der Waals surface area (Å²) in [6, 6.07) is 21.0. The highest BCUT2D eigenvalue weighted by molar-refractivity contribution is 5.88. The van der Waals surface area contributed by atoms with Gasteiger partial charge in [-0.1, -0.05) is 42.5 Å². The number of carbonyl (C=O) groups is 4. The van der Waals surface area contributed by atoms with Crippen LogP contribution in [-0.4, -0.2) is 64.3 Å². The van der Waals surface area contributed by atoms with E-state index >= 15 is 0 Å². The van der Waals surface area contributed by atoms with Gasteiger partial charge in [0.2, 0.25) is 5.91 Å².